The predicted molar refractivity (Wildman–Crippen MR) is 72.6 cm³/mol. The molecular weight excluding hydrogens is 238 g/mol. The maximum Gasteiger partial charge on any atom is 0.113 e. The number of nitriles is 1. The van der Waals surface area contributed by atoms with Gasteiger partial charge in [0.05, 0.1) is 23.7 Å². The molecule has 0 saturated carbocycles. The lowest BCUT2D eigenvalue weighted by atomic mass is 10.1. The summed E-state index contributed by atoms with van der Waals surface area (Å²) in [7, 11) is 0. The average molecular weight is 249 g/mol. The monoisotopic (exact) mass is 249 g/mol. The molecule has 0 radical (unpaired) electrons. The van der Waals surface area contributed by atoms with Crippen molar-refractivity contribution < 1.29 is 0 Å². The molecule has 2 aromatic carbocycles. The van der Waals surface area contributed by atoms with Crippen molar-refractivity contribution in [3.05, 3.63) is 48.0 Å². The molecule has 0 amide bonds. The SMILES string of the molecule is N#CCc1cc(-n2nnc3ccccc32)ccc1N. The first-order valence-corrected chi connectivity index (χ1v) is 5.86. The number of nitrogen functional groups attached to an aromatic ring is 1. The number of nitrogens with zero attached hydrogens (tertiary/aromatic N) is 4. The highest BCUT2D eigenvalue weighted by atomic mass is 15.4. The molecule has 1 heterocycles. The van der Waals surface area contributed by atoms with Gasteiger partial charge in [-0.1, -0.05) is 17.3 Å². The van der Waals surface area contributed by atoms with Crippen molar-refractivity contribution in [1.82, 2.24) is 15.0 Å². The molecule has 0 fully saturated rings. The summed E-state index contributed by atoms with van der Waals surface area (Å²) in [6, 6.07) is 15.4. The van der Waals surface area contributed by atoms with Crippen LogP contribution in [0.15, 0.2) is 42.5 Å². The van der Waals surface area contributed by atoms with Crippen molar-refractivity contribution in [3.63, 3.8) is 0 Å². The largest absolute Gasteiger partial charge is 0.398 e. The Labute approximate surface area is 109 Å². The summed E-state index contributed by atoms with van der Waals surface area (Å²) in [6.07, 6.45) is 0.284. The highest BCUT2D eigenvalue weighted by molar-refractivity contribution is 5.76. The van der Waals surface area contributed by atoms with Crippen LogP contribution < -0.4 is 5.73 Å². The highest BCUT2D eigenvalue weighted by Gasteiger charge is 2.07. The van der Waals surface area contributed by atoms with Gasteiger partial charge < -0.3 is 5.73 Å². The number of benzene rings is 2. The minimum Gasteiger partial charge on any atom is -0.398 e. The van der Waals surface area contributed by atoms with E-state index >= 15 is 0 Å². The highest BCUT2D eigenvalue weighted by Crippen LogP contribution is 2.20. The second-order valence-corrected chi connectivity index (χ2v) is 4.21. The van der Waals surface area contributed by atoms with E-state index in [2.05, 4.69) is 16.4 Å². The molecule has 3 rings (SSSR count). The molecular formula is C14H11N5. The molecule has 0 spiro atoms. The van der Waals surface area contributed by atoms with Crippen LogP contribution in [-0.4, -0.2) is 15.0 Å². The molecule has 5 heteroatoms. The standard InChI is InChI=1S/C14H11N5/c15-8-7-10-9-11(5-6-12(10)16)19-14-4-2-1-3-13(14)17-18-19/h1-6,9H,7,16H2. The molecule has 0 unspecified atom stereocenters. The van der Waals surface area contributed by atoms with Crippen LogP contribution in [0.5, 0.6) is 0 Å². The summed E-state index contributed by atoms with van der Waals surface area (Å²) in [6.45, 7) is 0. The minimum absolute atomic E-state index is 0.284. The molecule has 0 aliphatic heterocycles. The third-order valence-corrected chi connectivity index (χ3v) is 2.99. The summed E-state index contributed by atoms with van der Waals surface area (Å²) in [5.41, 5.74) is 9.89. The van der Waals surface area contributed by atoms with Crippen molar-refractivity contribution in [2.75, 3.05) is 5.73 Å². The van der Waals surface area contributed by atoms with Gasteiger partial charge in [-0.15, -0.1) is 5.10 Å². The fourth-order valence-corrected chi connectivity index (χ4v) is 2.02. The Morgan fingerprint density at radius 2 is 2.05 bits per heavy atom. The van der Waals surface area contributed by atoms with Crippen molar-refractivity contribution in [2.45, 2.75) is 6.42 Å². The number of nitrogens with two attached hydrogens (primary N) is 1. The van der Waals surface area contributed by atoms with Crippen molar-refractivity contribution in [2.24, 2.45) is 0 Å². The summed E-state index contributed by atoms with van der Waals surface area (Å²) in [4.78, 5) is 0. The third kappa shape index (κ3) is 1.89. The molecule has 1 aromatic heterocycles. The lowest BCUT2D eigenvalue weighted by Crippen LogP contribution is -2.00. The van der Waals surface area contributed by atoms with Gasteiger partial charge in [-0.05, 0) is 35.9 Å². The van der Waals surface area contributed by atoms with Crippen LogP contribution in [0.2, 0.25) is 0 Å². The van der Waals surface area contributed by atoms with Crippen LogP contribution in [0.4, 0.5) is 5.69 Å². The van der Waals surface area contributed by atoms with E-state index in [0.29, 0.717) is 5.69 Å². The van der Waals surface area contributed by atoms with Gasteiger partial charge >= 0.3 is 0 Å². The van der Waals surface area contributed by atoms with Crippen LogP contribution in [0.25, 0.3) is 16.7 Å². The first-order chi connectivity index (χ1) is 9.29. The summed E-state index contributed by atoms with van der Waals surface area (Å²) in [5, 5.41) is 17.0. The van der Waals surface area contributed by atoms with E-state index in [1.54, 1.807) is 10.7 Å². The fraction of sp³-hybridized carbons (Fsp3) is 0.0714. The van der Waals surface area contributed by atoms with E-state index < -0.39 is 0 Å². The number of fused-ring (bicyclic) bond motifs is 1. The number of hydrogen-bond donors (Lipinski definition) is 1. The van der Waals surface area contributed by atoms with Crippen LogP contribution in [0, 0.1) is 11.3 Å². The van der Waals surface area contributed by atoms with Crippen molar-refractivity contribution in [3.8, 4) is 11.8 Å². The van der Waals surface area contributed by atoms with E-state index in [9.17, 15) is 0 Å². The Bertz CT molecular complexity index is 782. The van der Waals surface area contributed by atoms with Gasteiger partial charge in [-0.2, -0.15) is 5.26 Å². The number of aromatic nitrogens is 3. The van der Waals surface area contributed by atoms with Gasteiger partial charge in [-0.25, -0.2) is 4.68 Å². The Kier molecular flexibility index (Phi) is 2.62. The maximum absolute atomic E-state index is 8.80. The number of anilines is 1. The van der Waals surface area contributed by atoms with E-state index in [-0.39, 0.29) is 6.42 Å². The predicted octanol–water partition coefficient (Wildman–Crippen LogP) is 2.07. The molecule has 0 aliphatic rings. The minimum atomic E-state index is 0.284. The van der Waals surface area contributed by atoms with Gasteiger partial charge in [0.25, 0.3) is 0 Å². The molecule has 0 bridgehead atoms. The zero-order chi connectivity index (χ0) is 13.2. The average Bonchev–Trinajstić information content (AvgIpc) is 2.85. The Hall–Kier alpha value is -2.87. The molecule has 2 N–H and O–H groups in total. The van der Waals surface area contributed by atoms with Gasteiger partial charge in [0, 0.05) is 5.69 Å². The van der Waals surface area contributed by atoms with Crippen molar-refractivity contribution in [1.29, 1.82) is 5.26 Å². The number of para-hydroxylation sites is 1. The lowest BCUT2D eigenvalue weighted by Gasteiger charge is -2.06. The molecule has 0 aliphatic carbocycles. The summed E-state index contributed by atoms with van der Waals surface area (Å²) >= 11 is 0. The zero-order valence-corrected chi connectivity index (χ0v) is 10.1. The lowest BCUT2D eigenvalue weighted by molar-refractivity contribution is 0.823. The summed E-state index contributed by atoms with van der Waals surface area (Å²) in [5.74, 6) is 0. The molecule has 0 atom stereocenters. The van der Waals surface area contributed by atoms with Crippen molar-refractivity contribution >= 4 is 16.7 Å². The number of hydrogen-bond acceptors (Lipinski definition) is 4. The first kappa shape index (κ1) is 11.2. The molecule has 19 heavy (non-hydrogen) atoms. The van der Waals surface area contributed by atoms with Gasteiger partial charge in [0.2, 0.25) is 0 Å². The second-order valence-electron chi connectivity index (χ2n) is 4.21. The van der Waals surface area contributed by atoms with Crippen LogP contribution in [0.1, 0.15) is 5.56 Å². The van der Waals surface area contributed by atoms with E-state index in [1.807, 2.05) is 36.4 Å². The smallest absolute Gasteiger partial charge is 0.113 e. The van der Waals surface area contributed by atoms with E-state index in [0.717, 1.165) is 22.3 Å². The summed E-state index contributed by atoms with van der Waals surface area (Å²) < 4.78 is 1.75. The Morgan fingerprint density at radius 3 is 2.89 bits per heavy atom. The Balaban J connectivity index is 2.17. The van der Waals surface area contributed by atoms with Crippen LogP contribution >= 0.6 is 0 Å². The normalized spacial score (nSPS) is 10.5. The van der Waals surface area contributed by atoms with Gasteiger partial charge in [0.1, 0.15) is 5.52 Å². The second kappa shape index (κ2) is 4.42. The van der Waals surface area contributed by atoms with E-state index in [4.69, 9.17) is 11.0 Å². The maximum atomic E-state index is 8.80. The van der Waals surface area contributed by atoms with Crippen LogP contribution in [0.3, 0.4) is 0 Å². The quantitative estimate of drug-likeness (QED) is 0.705. The first-order valence-electron chi connectivity index (χ1n) is 5.86. The molecule has 5 nitrogen and oxygen atoms in total. The fourth-order valence-electron chi connectivity index (χ4n) is 2.02. The molecule has 3 aromatic rings. The third-order valence-electron chi connectivity index (χ3n) is 2.99. The zero-order valence-electron chi connectivity index (χ0n) is 10.1. The Morgan fingerprint density at radius 1 is 1.21 bits per heavy atom. The number of rotatable bonds is 2. The molecule has 0 saturated heterocycles. The topological polar surface area (TPSA) is 80.5 Å². The van der Waals surface area contributed by atoms with E-state index in [1.165, 1.54) is 0 Å². The van der Waals surface area contributed by atoms with Crippen LogP contribution in [-0.2, 0) is 6.42 Å². The molecule has 92 valence electrons. The van der Waals surface area contributed by atoms with Gasteiger partial charge in [-0.3, -0.25) is 0 Å². The van der Waals surface area contributed by atoms with Gasteiger partial charge in [0.15, 0.2) is 0 Å².